The minimum absolute atomic E-state index is 0.0798. The number of nitrogens with zero attached hydrogens (tertiary/aromatic N) is 2. The number of hydrogen-bond acceptors (Lipinski definition) is 4. The molecular weight excluding hydrogens is 394 g/mol. The Kier molecular flexibility index (Phi) is 7.54. The summed E-state index contributed by atoms with van der Waals surface area (Å²) >= 11 is 0. The number of aromatic amines is 1. The van der Waals surface area contributed by atoms with E-state index in [0.29, 0.717) is 48.2 Å². The predicted molar refractivity (Wildman–Crippen MR) is 119 cm³/mol. The number of carboxylic acids is 1. The second-order valence-corrected chi connectivity index (χ2v) is 7.59. The van der Waals surface area contributed by atoms with E-state index in [0.717, 1.165) is 12.8 Å². The lowest BCUT2D eigenvalue weighted by molar-refractivity contribution is -0.137. The molecule has 31 heavy (non-hydrogen) atoms. The topological polar surface area (TPSA) is 103 Å². The fourth-order valence-corrected chi connectivity index (χ4v) is 3.63. The van der Waals surface area contributed by atoms with Gasteiger partial charge in [0.15, 0.2) is 0 Å². The maximum atomic E-state index is 13.4. The maximum Gasteiger partial charge on any atom is 0.303 e. The number of fused-ring (bicyclic) bond motifs is 1. The molecule has 1 amide bonds. The van der Waals surface area contributed by atoms with Crippen LogP contribution >= 0.6 is 0 Å². The minimum atomic E-state index is -0.838. The van der Waals surface area contributed by atoms with Gasteiger partial charge in [-0.05, 0) is 50.3 Å². The van der Waals surface area contributed by atoms with E-state index in [1.165, 1.54) is 5.56 Å². The Labute approximate surface area is 180 Å². The third-order valence-corrected chi connectivity index (χ3v) is 5.18. The Hall–Kier alpha value is -3.48. The lowest BCUT2D eigenvalue weighted by atomic mass is 10.1. The first-order valence-electron chi connectivity index (χ1n) is 10.5. The molecule has 0 saturated carbocycles. The van der Waals surface area contributed by atoms with Gasteiger partial charge in [-0.15, -0.1) is 0 Å². The Morgan fingerprint density at radius 3 is 2.48 bits per heavy atom. The molecule has 0 saturated heterocycles. The zero-order chi connectivity index (χ0) is 22.2. The first-order valence-corrected chi connectivity index (χ1v) is 10.5. The van der Waals surface area contributed by atoms with Crippen LogP contribution in [0, 0.1) is 6.92 Å². The standard InChI is InChI=1S/C24H27N3O4/c1-17-25-22-19(23(30)26-17)12-7-13-20(22)24(31)27(15-6-5-14-21(28)29)16-8-11-18-9-3-2-4-10-18/h2-4,7,9-10,12-13H,5-6,8,11,14-16H2,1H3,(H,28,29)(H,25,26,30). The quantitative estimate of drug-likeness (QED) is 0.487. The summed E-state index contributed by atoms with van der Waals surface area (Å²) < 4.78 is 0. The number of nitrogens with one attached hydrogen (secondary N) is 1. The normalized spacial score (nSPS) is 10.9. The van der Waals surface area contributed by atoms with Gasteiger partial charge in [0.25, 0.3) is 11.5 Å². The number of aryl methyl sites for hydroxylation is 2. The van der Waals surface area contributed by atoms with E-state index in [1.807, 2.05) is 18.2 Å². The molecule has 0 unspecified atom stereocenters. The Morgan fingerprint density at radius 2 is 1.74 bits per heavy atom. The van der Waals surface area contributed by atoms with E-state index < -0.39 is 5.97 Å². The van der Waals surface area contributed by atoms with Crippen molar-refractivity contribution >= 4 is 22.8 Å². The van der Waals surface area contributed by atoms with Crippen molar-refractivity contribution in [1.29, 1.82) is 0 Å². The lowest BCUT2D eigenvalue weighted by Gasteiger charge is -2.23. The summed E-state index contributed by atoms with van der Waals surface area (Å²) in [4.78, 5) is 45.3. The molecule has 0 spiro atoms. The minimum Gasteiger partial charge on any atom is -0.481 e. The highest BCUT2D eigenvalue weighted by atomic mass is 16.4. The number of para-hydroxylation sites is 1. The van der Waals surface area contributed by atoms with Crippen LogP contribution in [-0.4, -0.2) is 44.9 Å². The molecule has 2 aromatic carbocycles. The van der Waals surface area contributed by atoms with Gasteiger partial charge in [0.05, 0.1) is 16.5 Å². The van der Waals surface area contributed by atoms with Crippen LogP contribution in [0.3, 0.4) is 0 Å². The Morgan fingerprint density at radius 1 is 1.00 bits per heavy atom. The fourth-order valence-electron chi connectivity index (χ4n) is 3.63. The second kappa shape index (κ2) is 10.5. The van der Waals surface area contributed by atoms with Crippen molar-refractivity contribution in [2.24, 2.45) is 0 Å². The van der Waals surface area contributed by atoms with Crippen LogP contribution in [0.4, 0.5) is 0 Å². The molecule has 2 N–H and O–H groups in total. The third-order valence-electron chi connectivity index (χ3n) is 5.18. The van der Waals surface area contributed by atoms with Crippen LogP contribution in [0.25, 0.3) is 10.9 Å². The fraction of sp³-hybridized carbons (Fsp3) is 0.333. The summed E-state index contributed by atoms with van der Waals surface area (Å²) in [6, 6.07) is 15.1. The predicted octanol–water partition coefficient (Wildman–Crippen LogP) is 3.56. The molecule has 0 aliphatic carbocycles. The molecule has 0 aliphatic heterocycles. The number of unbranched alkanes of at least 4 members (excludes halogenated alkanes) is 1. The van der Waals surface area contributed by atoms with Crippen LogP contribution in [-0.2, 0) is 11.2 Å². The summed E-state index contributed by atoms with van der Waals surface area (Å²) in [5.41, 5.74) is 1.72. The largest absolute Gasteiger partial charge is 0.481 e. The molecular formula is C24H27N3O4. The van der Waals surface area contributed by atoms with Gasteiger partial charge < -0.3 is 15.0 Å². The van der Waals surface area contributed by atoms with Crippen molar-refractivity contribution in [3.05, 3.63) is 75.8 Å². The van der Waals surface area contributed by atoms with Gasteiger partial charge in [-0.3, -0.25) is 14.4 Å². The molecule has 3 rings (SSSR count). The molecule has 162 valence electrons. The highest BCUT2D eigenvalue weighted by Gasteiger charge is 2.19. The van der Waals surface area contributed by atoms with Gasteiger partial charge in [-0.25, -0.2) is 4.98 Å². The number of amides is 1. The van der Waals surface area contributed by atoms with Crippen molar-refractivity contribution in [1.82, 2.24) is 14.9 Å². The molecule has 0 radical (unpaired) electrons. The van der Waals surface area contributed by atoms with E-state index in [4.69, 9.17) is 5.11 Å². The van der Waals surface area contributed by atoms with Crippen LogP contribution in [0.15, 0.2) is 53.3 Å². The summed E-state index contributed by atoms with van der Waals surface area (Å²) in [6.07, 6.45) is 2.81. The highest BCUT2D eigenvalue weighted by Crippen LogP contribution is 2.17. The van der Waals surface area contributed by atoms with Gasteiger partial charge in [-0.2, -0.15) is 0 Å². The van der Waals surface area contributed by atoms with E-state index in [9.17, 15) is 14.4 Å². The number of carbonyl (C=O) groups is 2. The molecule has 7 heteroatoms. The average Bonchev–Trinajstić information content (AvgIpc) is 2.75. The van der Waals surface area contributed by atoms with E-state index in [1.54, 1.807) is 30.0 Å². The van der Waals surface area contributed by atoms with Gasteiger partial charge >= 0.3 is 5.97 Å². The monoisotopic (exact) mass is 421 g/mol. The van der Waals surface area contributed by atoms with Gasteiger partial charge in [0.1, 0.15) is 5.82 Å². The third kappa shape index (κ3) is 6.01. The van der Waals surface area contributed by atoms with E-state index >= 15 is 0 Å². The number of H-pyrrole nitrogens is 1. The van der Waals surface area contributed by atoms with Gasteiger partial charge in [-0.1, -0.05) is 36.4 Å². The van der Waals surface area contributed by atoms with Gasteiger partial charge in [0, 0.05) is 19.5 Å². The zero-order valence-corrected chi connectivity index (χ0v) is 17.6. The first-order chi connectivity index (χ1) is 15.0. The highest BCUT2D eigenvalue weighted by molar-refractivity contribution is 6.05. The first kappa shape index (κ1) is 22.2. The van der Waals surface area contributed by atoms with Crippen molar-refractivity contribution in [2.75, 3.05) is 13.1 Å². The van der Waals surface area contributed by atoms with E-state index in [-0.39, 0.29) is 17.9 Å². The number of carboxylic acid groups (broad SMARTS) is 1. The number of benzene rings is 2. The molecule has 7 nitrogen and oxygen atoms in total. The molecule has 0 atom stereocenters. The smallest absolute Gasteiger partial charge is 0.303 e. The van der Waals surface area contributed by atoms with Crippen molar-refractivity contribution < 1.29 is 14.7 Å². The maximum absolute atomic E-state index is 13.4. The van der Waals surface area contributed by atoms with Crippen molar-refractivity contribution in [3.63, 3.8) is 0 Å². The number of carbonyl (C=O) groups excluding carboxylic acids is 1. The van der Waals surface area contributed by atoms with Crippen LogP contribution in [0.5, 0.6) is 0 Å². The molecule has 3 aromatic rings. The summed E-state index contributed by atoms with van der Waals surface area (Å²) in [6.45, 7) is 2.68. The zero-order valence-electron chi connectivity index (χ0n) is 17.6. The number of aromatic nitrogens is 2. The Bertz CT molecular complexity index is 1110. The number of rotatable bonds is 10. The average molecular weight is 421 g/mol. The van der Waals surface area contributed by atoms with Crippen molar-refractivity contribution in [2.45, 2.75) is 39.0 Å². The molecule has 1 heterocycles. The Balaban J connectivity index is 1.80. The molecule has 0 aliphatic rings. The number of aliphatic carboxylic acids is 1. The second-order valence-electron chi connectivity index (χ2n) is 7.59. The summed E-state index contributed by atoms with van der Waals surface area (Å²) in [7, 11) is 0. The lowest BCUT2D eigenvalue weighted by Crippen LogP contribution is -2.33. The SMILES string of the molecule is Cc1nc2c(C(=O)N(CCCCC(=O)O)CCCc3ccccc3)cccc2c(=O)[nH]1. The molecule has 0 bridgehead atoms. The van der Waals surface area contributed by atoms with E-state index in [2.05, 4.69) is 22.1 Å². The summed E-state index contributed by atoms with van der Waals surface area (Å²) in [5.74, 6) is -0.573. The molecule has 1 aromatic heterocycles. The van der Waals surface area contributed by atoms with Crippen LogP contribution in [0.1, 0.15) is 47.4 Å². The van der Waals surface area contributed by atoms with Crippen molar-refractivity contribution in [3.8, 4) is 0 Å². The van der Waals surface area contributed by atoms with Gasteiger partial charge in [0.2, 0.25) is 0 Å². The van der Waals surface area contributed by atoms with Crippen LogP contribution in [0.2, 0.25) is 0 Å². The molecule has 0 fully saturated rings. The van der Waals surface area contributed by atoms with Crippen LogP contribution < -0.4 is 5.56 Å². The number of hydrogen-bond donors (Lipinski definition) is 2. The summed E-state index contributed by atoms with van der Waals surface area (Å²) in [5, 5.41) is 9.26.